The van der Waals surface area contributed by atoms with E-state index in [0.717, 1.165) is 0 Å². The van der Waals surface area contributed by atoms with Crippen molar-refractivity contribution >= 4 is 25.0 Å². The van der Waals surface area contributed by atoms with Gasteiger partial charge in [0.15, 0.2) is 31.2 Å². The Bertz CT molecular complexity index is 381. The van der Waals surface area contributed by atoms with Gasteiger partial charge in [-0.2, -0.15) is 0 Å². The van der Waals surface area contributed by atoms with E-state index >= 15 is 0 Å². The van der Waals surface area contributed by atoms with Crippen molar-refractivity contribution in [3.05, 3.63) is 0 Å². The molecule has 0 aliphatic carbocycles. The minimum absolute atomic E-state index is 0.0731. The van der Waals surface area contributed by atoms with Crippen LogP contribution in [0.2, 0.25) is 58.9 Å². The second-order valence-electron chi connectivity index (χ2n) is 9.23. The third kappa shape index (κ3) is 7.91. The van der Waals surface area contributed by atoms with Crippen LogP contribution in [0.25, 0.3) is 0 Å². The molecule has 3 atom stereocenters. The Labute approximate surface area is 145 Å². The molecule has 1 fully saturated rings. The standard InChI is InChI=1S/C15H36O5Si3/c1-12-14(16-12)17-15(19-22(6,7)8,20-23(9,10)11)13(2)18-21(3,4)5/h12-14H,1-11H3. The van der Waals surface area contributed by atoms with E-state index in [2.05, 4.69) is 58.9 Å². The van der Waals surface area contributed by atoms with E-state index in [9.17, 15) is 0 Å². The average Bonchev–Trinajstić information content (AvgIpc) is 2.85. The van der Waals surface area contributed by atoms with Crippen molar-refractivity contribution in [1.82, 2.24) is 0 Å². The SMILES string of the molecule is CC1OC1OC(O[Si](C)(C)C)(O[Si](C)(C)C)C(C)O[Si](C)(C)C. The summed E-state index contributed by atoms with van der Waals surface area (Å²) in [5.41, 5.74) is 0. The van der Waals surface area contributed by atoms with Crippen molar-refractivity contribution in [3.63, 3.8) is 0 Å². The van der Waals surface area contributed by atoms with Crippen LogP contribution in [0.3, 0.4) is 0 Å². The molecule has 1 rings (SSSR count). The summed E-state index contributed by atoms with van der Waals surface area (Å²) in [7, 11) is -5.66. The monoisotopic (exact) mass is 380 g/mol. The molecule has 5 nitrogen and oxygen atoms in total. The normalized spacial score (nSPS) is 24.7. The lowest BCUT2D eigenvalue weighted by atomic mass is 10.3. The summed E-state index contributed by atoms with van der Waals surface area (Å²) in [6, 6.07) is 0. The summed E-state index contributed by atoms with van der Waals surface area (Å²) in [4.78, 5) is 0. The zero-order valence-electron chi connectivity index (χ0n) is 16.8. The van der Waals surface area contributed by atoms with Crippen LogP contribution in [0, 0.1) is 0 Å². The van der Waals surface area contributed by atoms with Crippen LogP contribution in [0.4, 0.5) is 0 Å². The van der Waals surface area contributed by atoms with Gasteiger partial charge in [-0.1, -0.05) is 0 Å². The number of epoxide rings is 1. The lowest BCUT2D eigenvalue weighted by Gasteiger charge is -2.46. The molecule has 0 spiro atoms. The molecule has 23 heavy (non-hydrogen) atoms. The molecule has 8 heteroatoms. The highest BCUT2D eigenvalue weighted by Crippen LogP contribution is 2.37. The van der Waals surface area contributed by atoms with Crippen molar-refractivity contribution in [1.29, 1.82) is 0 Å². The largest absolute Gasteiger partial charge is 0.407 e. The minimum Gasteiger partial charge on any atom is -0.407 e. The van der Waals surface area contributed by atoms with E-state index in [1.54, 1.807) is 0 Å². The van der Waals surface area contributed by atoms with Crippen molar-refractivity contribution in [3.8, 4) is 0 Å². The molecule has 0 N–H and O–H groups in total. The van der Waals surface area contributed by atoms with Gasteiger partial charge in [0, 0.05) is 0 Å². The Hall–Kier alpha value is 0.451. The average molecular weight is 381 g/mol. The summed E-state index contributed by atoms with van der Waals surface area (Å²) in [5, 5.41) is 0. The first kappa shape index (κ1) is 21.5. The molecule has 3 unspecified atom stereocenters. The second-order valence-corrected chi connectivity index (χ2v) is 22.6. The van der Waals surface area contributed by atoms with Gasteiger partial charge in [-0.3, -0.25) is 4.74 Å². The first-order valence-electron chi connectivity index (χ1n) is 8.44. The van der Waals surface area contributed by atoms with Gasteiger partial charge in [0.2, 0.25) is 0 Å². The number of rotatable bonds is 9. The van der Waals surface area contributed by atoms with Gasteiger partial charge in [0.05, 0.1) is 0 Å². The molecule has 0 aromatic carbocycles. The fraction of sp³-hybridized carbons (Fsp3) is 1.00. The number of hydrogen-bond acceptors (Lipinski definition) is 5. The van der Waals surface area contributed by atoms with Crippen LogP contribution >= 0.6 is 0 Å². The predicted molar refractivity (Wildman–Crippen MR) is 101 cm³/mol. The minimum atomic E-state index is -1.94. The summed E-state index contributed by atoms with van der Waals surface area (Å²) in [6.07, 6.45) is -0.525. The molecular formula is C15H36O5Si3. The Kier molecular flexibility index (Phi) is 6.53. The van der Waals surface area contributed by atoms with Gasteiger partial charge in [0.1, 0.15) is 12.2 Å². The van der Waals surface area contributed by atoms with Crippen molar-refractivity contribution in [2.75, 3.05) is 0 Å². The van der Waals surface area contributed by atoms with Crippen molar-refractivity contribution in [2.45, 2.75) is 97.2 Å². The van der Waals surface area contributed by atoms with Gasteiger partial charge in [-0.05, 0) is 72.8 Å². The molecule has 0 bridgehead atoms. The van der Waals surface area contributed by atoms with E-state index in [1.807, 2.05) is 13.8 Å². The number of ether oxygens (including phenoxy) is 2. The first-order chi connectivity index (χ1) is 10.0. The maximum atomic E-state index is 6.45. The number of hydrogen-bond donors (Lipinski definition) is 0. The highest BCUT2D eigenvalue weighted by molar-refractivity contribution is 6.71. The fourth-order valence-electron chi connectivity index (χ4n) is 2.24. The zero-order valence-corrected chi connectivity index (χ0v) is 19.8. The van der Waals surface area contributed by atoms with E-state index in [1.165, 1.54) is 0 Å². The highest BCUT2D eigenvalue weighted by atomic mass is 28.4. The first-order valence-corrected chi connectivity index (χ1v) is 18.7. The van der Waals surface area contributed by atoms with Gasteiger partial charge < -0.3 is 18.0 Å². The Morgan fingerprint density at radius 2 is 1.22 bits per heavy atom. The molecule has 0 aromatic rings. The summed E-state index contributed by atoms with van der Waals surface area (Å²) in [5.74, 6) is -1.19. The van der Waals surface area contributed by atoms with Crippen LogP contribution < -0.4 is 0 Å². The molecular weight excluding hydrogens is 344 g/mol. The van der Waals surface area contributed by atoms with Gasteiger partial charge in [-0.15, -0.1) is 0 Å². The van der Waals surface area contributed by atoms with Crippen LogP contribution in [0.1, 0.15) is 13.8 Å². The predicted octanol–water partition coefficient (Wildman–Crippen LogP) is 4.34. The molecule has 0 saturated carbocycles. The molecule has 1 heterocycles. The maximum absolute atomic E-state index is 6.45. The third-order valence-corrected chi connectivity index (χ3v) is 5.72. The van der Waals surface area contributed by atoms with E-state index in [0.29, 0.717) is 0 Å². The summed E-state index contributed by atoms with van der Waals surface area (Å²) >= 11 is 0. The summed E-state index contributed by atoms with van der Waals surface area (Å²) in [6.45, 7) is 23.3. The molecule has 0 radical (unpaired) electrons. The van der Waals surface area contributed by atoms with Crippen molar-refractivity contribution < 1.29 is 22.8 Å². The molecule has 138 valence electrons. The van der Waals surface area contributed by atoms with E-state index in [4.69, 9.17) is 22.8 Å². The third-order valence-electron chi connectivity index (χ3n) is 2.86. The maximum Gasteiger partial charge on any atom is 0.292 e. The zero-order chi connectivity index (χ0) is 18.3. The Balaban J connectivity index is 3.14. The van der Waals surface area contributed by atoms with Crippen LogP contribution in [-0.4, -0.2) is 49.4 Å². The molecule has 0 aromatic heterocycles. The molecule has 1 aliphatic rings. The molecule has 1 saturated heterocycles. The highest BCUT2D eigenvalue weighted by Gasteiger charge is 2.53. The van der Waals surface area contributed by atoms with Gasteiger partial charge in [0.25, 0.3) is 5.97 Å². The van der Waals surface area contributed by atoms with Gasteiger partial charge >= 0.3 is 0 Å². The lowest BCUT2D eigenvalue weighted by Crippen LogP contribution is -2.60. The smallest absolute Gasteiger partial charge is 0.292 e. The van der Waals surface area contributed by atoms with E-state index in [-0.39, 0.29) is 18.5 Å². The summed E-state index contributed by atoms with van der Waals surface area (Å²) < 4.78 is 30.9. The molecule has 0 amide bonds. The topological polar surface area (TPSA) is 49.5 Å². The Morgan fingerprint density at radius 3 is 1.48 bits per heavy atom. The van der Waals surface area contributed by atoms with Crippen LogP contribution in [0.5, 0.6) is 0 Å². The lowest BCUT2D eigenvalue weighted by molar-refractivity contribution is -0.359. The molecule has 1 aliphatic heterocycles. The van der Waals surface area contributed by atoms with Gasteiger partial charge in [-0.25, -0.2) is 0 Å². The fourth-order valence-corrected chi connectivity index (χ4v) is 5.75. The van der Waals surface area contributed by atoms with Crippen LogP contribution in [-0.2, 0) is 22.8 Å². The van der Waals surface area contributed by atoms with Crippen molar-refractivity contribution in [2.24, 2.45) is 0 Å². The van der Waals surface area contributed by atoms with Crippen LogP contribution in [0.15, 0.2) is 0 Å². The second kappa shape index (κ2) is 6.99. The van der Waals surface area contributed by atoms with E-state index < -0.39 is 30.9 Å². The quantitative estimate of drug-likeness (QED) is 0.338. The Morgan fingerprint density at radius 1 is 0.826 bits per heavy atom.